The molecule has 0 bridgehead atoms. The van der Waals surface area contributed by atoms with Gasteiger partial charge in [0.25, 0.3) is 0 Å². The third kappa shape index (κ3) is 6.64. The fraction of sp³-hybridized carbons (Fsp3) is 0.889. The van der Waals surface area contributed by atoms with Gasteiger partial charge in [0.15, 0.2) is 0 Å². The van der Waals surface area contributed by atoms with Gasteiger partial charge in [-0.25, -0.2) is 20.0 Å². The highest BCUT2D eigenvalue weighted by molar-refractivity contribution is 5.75. The molecule has 0 aliphatic heterocycles. The van der Waals surface area contributed by atoms with E-state index in [0.717, 1.165) is 12.8 Å². The van der Waals surface area contributed by atoms with Gasteiger partial charge >= 0.3 is 12.2 Å². The van der Waals surface area contributed by atoms with Crippen LogP contribution in [0.3, 0.4) is 0 Å². The highest BCUT2D eigenvalue weighted by Gasteiger charge is 2.45. The lowest BCUT2D eigenvalue weighted by Crippen LogP contribution is -2.65. The molecular formula is C18H36N4O4. The molecule has 5 N–H and O–H groups in total. The van der Waals surface area contributed by atoms with Crippen molar-refractivity contribution in [1.29, 1.82) is 0 Å². The first-order valence-electron chi connectivity index (χ1n) is 9.25. The zero-order valence-corrected chi connectivity index (χ0v) is 17.1. The molecule has 8 heteroatoms. The molecule has 0 spiro atoms. The molecule has 2 atom stereocenters. The van der Waals surface area contributed by atoms with Crippen LogP contribution in [0.5, 0.6) is 0 Å². The van der Waals surface area contributed by atoms with Gasteiger partial charge in [-0.3, -0.25) is 0 Å². The minimum absolute atomic E-state index is 0.193. The molecule has 0 aromatic carbocycles. The molecule has 1 rings (SSSR count). The first-order valence-corrected chi connectivity index (χ1v) is 9.25. The normalized spacial score (nSPS) is 23.9. The number of hydrazine groups is 1. The van der Waals surface area contributed by atoms with Crippen LogP contribution in [0.4, 0.5) is 9.59 Å². The molecule has 0 aromatic heterocycles. The maximum atomic E-state index is 12.9. The van der Waals surface area contributed by atoms with Crippen LogP contribution in [0, 0.1) is 5.92 Å². The Bertz CT molecular complexity index is 498. The van der Waals surface area contributed by atoms with E-state index < -0.39 is 28.9 Å². The molecule has 0 aromatic rings. The molecule has 0 heterocycles. The van der Waals surface area contributed by atoms with Crippen LogP contribution >= 0.6 is 0 Å². The van der Waals surface area contributed by atoms with E-state index in [-0.39, 0.29) is 12.5 Å². The summed E-state index contributed by atoms with van der Waals surface area (Å²) in [6, 6.07) is 0. The number of rotatable bonds is 3. The average molecular weight is 373 g/mol. The molecule has 1 aliphatic carbocycles. The third-order valence-corrected chi connectivity index (χ3v) is 4.29. The Morgan fingerprint density at radius 2 is 1.69 bits per heavy atom. The van der Waals surface area contributed by atoms with Crippen molar-refractivity contribution in [2.24, 2.45) is 17.4 Å². The fourth-order valence-corrected chi connectivity index (χ4v) is 3.20. The van der Waals surface area contributed by atoms with Crippen molar-refractivity contribution in [3.05, 3.63) is 0 Å². The molecule has 1 aliphatic rings. The maximum Gasteiger partial charge on any atom is 0.429 e. The number of nitrogens with two attached hydrogens (primary N) is 2. The summed E-state index contributed by atoms with van der Waals surface area (Å²) in [6.07, 6.45) is 1.75. The van der Waals surface area contributed by atoms with Crippen LogP contribution in [0.15, 0.2) is 0 Å². The molecular weight excluding hydrogens is 336 g/mol. The summed E-state index contributed by atoms with van der Waals surface area (Å²) in [5, 5.41) is 1.23. The lowest BCUT2D eigenvalue weighted by Gasteiger charge is -2.47. The Kier molecular flexibility index (Phi) is 7.30. The fourth-order valence-electron chi connectivity index (χ4n) is 3.20. The van der Waals surface area contributed by atoms with E-state index in [0.29, 0.717) is 19.4 Å². The van der Waals surface area contributed by atoms with E-state index in [2.05, 4.69) is 5.43 Å². The predicted molar refractivity (Wildman–Crippen MR) is 100 cm³/mol. The van der Waals surface area contributed by atoms with Crippen LogP contribution in [0.1, 0.15) is 67.2 Å². The van der Waals surface area contributed by atoms with Crippen LogP contribution in [-0.4, -0.2) is 47.0 Å². The highest BCUT2D eigenvalue weighted by Crippen LogP contribution is 2.36. The van der Waals surface area contributed by atoms with E-state index in [1.165, 1.54) is 5.01 Å². The number of hydrogen-bond acceptors (Lipinski definition) is 6. The summed E-state index contributed by atoms with van der Waals surface area (Å²) in [5.41, 5.74) is 12.4. The summed E-state index contributed by atoms with van der Waals surface area (Å²) in [6.45, 7) is 11.3. The number of carbonyl (C=O) groups excluding carboxylic acids is 2. The molecule has 26 heavy (non-hydrogen) atoms. The minimum Gasteiger partial charge on any atom is -0.443 e. The molecule has 0 radical (unpaired) electrons. The average Bonchev–Trinajstić information content (AvgIpc) is 2.49. The second-order valence-corrected chi connectivity index (χ2v) is 9.06. The number of nitrogens with zero attached hydrogens (tertiary/aromatic N) is 1. The molecule has 2 amide bonds. The number of ether oxygens (including phenoxy) is 2. The molecule has 2 unspecified atom stereocenters. The van der Waals surface area contributed by atoms with Gasteiger partial charge in [0, 0.05) is 6.54 Å². The topological polar surface area (TPSA) is 120 Å². The smallest absolute Gasteiger partial charge is 0.429 e. The van der Waals surface area contributed by atoms with Crippen molar-refractivity contribution >= 4 is 12.2 Å². The van der Waals surface area contributed by atoms with Gasteiger partial charge in [-0.15, -0.1) is 0 Å². The number of hydrogen-bond donors (Lipinski definition) is 3. The minimum atomic E-state index is -0.748. The van der Waals surface area contributed by atoms with E-state index in [4.69, 9.17) is 20.9 Å². The van der Waals surface area contributed by atoms with Gasteiger partial charge in [-0.1, -0.05) is 6.42 Å². The monoisotopic (exact) mass is 372 g/mol. The van der Waals surface area contributed by atoms with Crippen molar-refractivity contribution in [2.45, 2.75) is 84.0 Å². The van der Waals surface area contributed by atoms with Gasteiger partial charge in [-0.05, 0) is 73.3 Å². The zero-order chi connectivity index (χ0) is 20.2. The standard InChI is InChI=1S/C18H36N4O4/c1-16(2,3)25-14(23)21-22(15(24)26-17(4,5)6)18(12-20)9-7-8-13(10-18)11-19/h13H,7-12,19-20H2,1-6H3,(H,21,23). The summed E-state index contributed by atoms with van der Waals surface area (Å²) < 4.78 is 10.8. The van der Waals surface area contributed by atoms with Crippen molar-refractivity contribution in [2.75, 3.05) is 13.1 Å². The SMILES string of the molecule is CC(C)(C)OC(=O)NN(C(=O)OC(C)(C)C)C1(CN)CCCC(CN)C1. The van der Waals surface area contributed by atoms with Crippen molar-refractivity contribution < 1.29 is 19.1 Å². The Morgan fingerprint density at radius 3 is 2.15 bits per heavy atom. The summed E-state index contributed by atoms with van der Waals surface area (Å²) in [7, 11) is 0. The summed E-state index contributed by atoms with van der Waals surface area (Å²) >= 11 is 0. The molecule has 0 saturated heterocycles. The van der Waals surface area contributed by atoms with E-state index >= 15 is 0 Å². The van der Waals surface area contributed by atoms with Gasteiger partial charge < -0.3 is 20.9 Å². The molecule has 8 nitrogen and oxygen atoms in total. The van der Waals surface area contributed by atoms with Crippen molar-refractivity contribution in [3.63, 3.8) is 0 Å². The number of nitrogens with one attached hydrogen (secondary N) is 1. The maximum absolute atomic E-state index is 12.9. The summed E-state index contributed by atoms with van der Waals surface area (Å²) in [5.74, 6) is 0.234. The number of carbonyl (C=O) groups is 2. The van der Waals surface area contributed by atoms with Gasteiger partial charge in [0.05, 0.1) is 5.54 Å². The first-order chi connectivity index (χ1) is 11.8. The summed E-state index contributed by atoms with van der Waals surface area (Å²) in [4.78, 5) is 25.2. The zero-order valence-electron chi connectivity index (χ0n) is 17.1. The Balaban J connectivity index is 3.12. The lowest BCUT2D eigenvalue weighted by molar-refractivity contribution is -0.0445. The second-order valence-electron chi connectivity index (χ2n) is 9.06. The molecule has 152 valence electrons. The largest absolute Gasteiger partial charge is 0.443 e. The van der Waals surface area contributed by atoms with E-state index in [1.54, 1.807) is 41.5 Å². The van der Waals surface area contributed by atoms with Gasteiger partial charge in [-0.2, -0.15) is 0 Å². The quantitative estimate of drug-likeness (QED) is 0.655. The predicted octanol–water partition coefficient (Wildman–Crippen LogP) is 2.51. The van der Waals surface area contributed by atoms with Gasteiger partial charge in [0.1, 0.15) is 11.2 Å². The van der Waals surface area contributed by atoms with Crippen LogP contribution < -0.4 is 16.9 Å². The Labute approximate surface area is 156 Å². The van der Waals surface area contributed by atoms with E-state index in [1.807, 2.05) is 0 Å². The number of amides is 2. The third-order valence-electron chi connectivity index (χ3n) is 4.29. The van der Waals surface area contributed by atoms with Crippen molar-refractivity contribution in [3.8, 4) is 0 Å². The van der Waals surface area contributed by atoms with Crippen LogP contribution in [-0.2, 0) is 9.47 Å². The first kappa shape index (κ1) is 22.5. The van der Waals surface area contributed by atoms with E-state index in [9.17, 15) is 9.59 Å². The Hall–Kier alpha value is -1.54. The highest BCUT2D eigenvalue weighted by atomic mass is 16.6. The lowest BCUT2D eigenvalue weighted by atomic mass is 9.75. The molecule has 1 saturated carbocycles. The Morgan fingerprint density at radius 1 is 1.12 bits per heavy atom. The van der Waals surface area contributed by atoms with Gasteiger partial charge in [0.2, 0.25) is 0 Å². The van der Waals surface area contributed by atoms with Crippen molar-refractivity contribution in [1.82, 2.24) is 10.4 Å². The van der Waals surface area contributed by atoms with Crippen LogP contribution in [0.2, 0.25) is 0 Å². The molecule has 1 fully saturated rings. The van der Waals surface area contributed by atoms with Crippen LogP contribution in [0.25, 0.3) is 0 Å². The second kappa shape index (κ2) is 8.43.